The van der Waals surface area contributed by atoms with Crippen LogP contribution in [-0.4, -0.2) is 24.6 Å². The molecule has 96 valence electrons. The normalized spacial score (nSPS) is 11.0. The second kappa shape index (κ2) is 4.27. The van der Waals surface area contributed by atoms with Gasteiger partial charge in [0.2, 0.25) is 5.82 Å². The molecule has 0 amide bonds. The van der Waals surface area contributed by atoms with Crippen molar-refractivity contribution in [2.45, 2.75) is 0 Å². The highest BCUT2D eigenvalue weighted by Crippen LogP contribution is 2.20. The Kier molecular flexibility index (Phi) is 2.32. The summed E-state index contributed by atoms with van der Waals surface area (Å²) < 4.78 is 6.98. The first-order chi connectivity index (χ1) is 9.92. The van der Waals surface area contributed by atoms with Crippen LogP contribution in [0.15, 0.2) is 59.5 Å². The molecule has 0 saturated heterocycles. The number of furan rings is 1. The van der Waals surface area contributed by atoms with Crippen molar-refractivity contribution in [3.05, 3.63) is 55.1 Å². The van der Waals surface area contributed by atoms with Gasteiger partial charge < -0.3 is 4.42 Å². The highest BCUT2D eigenvalue weighted by molar-refractivity contribution is 5.58. The third-order valence-electron chi connectivity index (χ3n) is 2.91. The fraction of sp³-hybridized carbons (Fsp3) is 0. The van der Waals surface area contributed by atoms with Crippen LogP contribution in [0, 0.1) is 0 Å². The van der Waals surface area contributed by atoms with E-state index in [-0.39, 0.29) is 0 Å². The molecule has 0 spiro atoms. The Balaban J connectivity index is 1.95. The Morgan fingerprint density at radius 2 is 1.95 bits per heavy atom. The predicted octanol–water partition coefficient (Wildman–Crippen LogP) is 2.45. The smallest absolute Gasteiger partial charge is 0.253 e. The Morgan fingerprint density at radius 3 is 2.75 bits per heavy atom. The van der Waals surface area contributed by atoms with Gasteiger partial charge in [-0.3, -0.25) is 4.98 Å². The summed E-state index contributed by atoms with van der Waals surface area (Å²) in [4.78, 5) is 12.9. The maximum Gasteiger partial charge on any atom is 0.253 e. The molecule has 0 saturated carbocycles. The van der Waals surface area contributed by atoms with Crippen LogP contribution in [-0.2, 0) is 0 Å². The van der Waals surface area contributed by atoms with Gasteiger partial charge in [-0.2, -0.15) is 9.50 Å². The van der Waals surface area contributed by atoms with Crippen molar-refractivity contribution in [2.24, 2.45) is 0 Å². The van der Waals surface area contributed by atoms with E-state index < -0.39 is 0 Å². The maximum absolute atomic E-state index is 5.31. The molecule has 0 radical (unpaired) electrons. The van der Waals surface area contributed by atoms with Gasteiger partial charge in [-0.25, -0.2) is 4.98 Å². The topological polar surface area (TPSA) is 69.1 Å². The monoisotopic (exact) mass is 263 g/mol. The van der Waals surface area contributed by atoms with Crippen molar-refractivity contribution in [1.82, 2.24) is 24.6 Å². The van der Waals surface area contributed by atoms with Gasteiger partial charge in [-0.05, 0) is 30.3 Å². The summed E-state index contributed by atoms with van der Waals surface area (Å²) >= 11 is 0. The van der Waals surface area contributed by atoms with Crippen LogP contribution in [0.2, 0.25) is 0 Å². The first kappa shape index (κ1) is 10.9. The first-order valence-electron chi connectivity index (χ1n) is 6.09. The Bertz CT molecular complexity index is 852. The summed E-state index contributed by atoms with van der Waals surface area (Å²) in [7, 11) is 0. The van der Waals surface area contributed by atoms with E-state index in [1.54, 1.807) is 29.2 Å². The number of hydrogen-bond donors (Lipinski definition) is 0. The summed E-state index contributed by atoms with van der Waals surface area (Å²) in [6, 6.07) is 11.2. The zero-order chi connectivity index (χ0) is 13.4. The molecular formula is C14H9N5O. The third kappa shape index (κ3) is 1.66. The number of nitrogens with zero attached hydrogens (tertiary/aromatic N) is 5. The largest absolute Gasteiger partial charge is 0.461 e. The molecule has 0 fully saturated rings. The van der Waals surface area contributed by atoms with Gasteiger partial charge in [-0.15, -0.1) is 5.10 Å². The van der Waals surface area contributed by atoms with Crippen LogP contribution in [0.1, 0.15) is 0 Å². The Labute approximate surface area is 113 Å². The third-order valence-corrected chi connectivity index (χ3v) is 2.91. The highest BCUT2D eigenvalue weighted by Gasteiger charge is 2.13. The molecule has 0 aliphatic heterocycles. The molecule has 0 N–H and O–H groups in total. The minimum atomic E-state index is 0.505. The summed E-state index contributed by atoms with van der Waals surface area (Å²) in [6.45, 7) is 0. The molecule has 6 heteroatoms. The maximum atomic E-state index is 5.31. The van der Waals surface area contributed by atoms with E-state index in [1.165, 1.54) is 0 Å². The van der Waals surface area contributed by atoms with Crippen molar-refractivity contribution < 1.29 is 4.42 Å². The van der Waals surface area contributed by atoms with Crippen LogP contribution in [0.3, 0.4) is 0 Å². The van der Waals surface area contributed by atoms with E-state index in [0.717, 1.165) is 11.4 Å². The quantitative estimate of drug-likeness (QED) is 0.555. The molecular weight excluding hydrogens is 254 g/mol. The van der Waals surface area contributed by atoms with Crippen molar-refractivity contribution in [3.63, 3.8) is 0 Å². The van der Waals surface area contributed by atoms with Crippen LogP contribution in [0.25, 0.3) is 28.8 Å². The minimum Gasteiger partial charge on any atom is -0.461 e. The zero-order valence-electron chi connectivity index (χ0n) is 10.3. The number of hydrogen-bond acceptors (Lipinski definition) is 5. The second-order valence-electron chi connectivity index (χ2n) is 4.17. The fourth-order valence-electron chi connectivity index (χ4n) is 2.01. The predicted molar refractivity (Wildman–Crippen MR) is 71.7 cm³/mol. The lowest BCUT2D eigenvalue weighted by Crippen LogP contribution is -1.97. The Hall–Kier alpha value is -3.02. The molecule has 4 aromatic rings. The lowest BCUT2D eigenvalue weighted by molar-refractivity contribution is 0.577. The van der Waals surface area contributed by atoms with E-state index in [0.29, 0.717) is 17.4 Å². The van der Waals surface area contributed by atoms with Gasteiger partial charge in [-0.1, -0.05) is 6.07 Å². The molecule has 0 unspecified atom stereocenters. The standard InChI is InChI=1S/C14H9N5O/c1-2-7-15-10(4-1)11-6-8-16-14-17-13(18-19(11)14)12-5-3-9-20-12/h1-9H. The van der Waals surface area contributed by atoms with E-state index in [1.807, 2.05) is 30.3 Å². The molecule has 4 rings (SSSR count). The number of aromatic nitrogens is 5. The first-order valence-corrected chi connectivity index (χ1v) is 6.09. The van der Waals surface area contributed by atoms with Crippen molar-refractivity contribution in [3.8, 4) is 23.0 Å². The number of rotatable bonds is 2. The minimum absolute atomic E-state index is 0.505. The van der Waals surface area contributed by atoms with Gasteiger partial charge in [0.25, 0.3) is 5.78 Å². The summed E-state index contributed by atoms with van der Waals surface area (Å²) in [6.07, 6.45) is 5.03. The van der Waals surface area contributed by atoms with E-state index in [2.05, 4.69) is 20.1 Å². The molecule has 6 nitrogen and oxygen atoms in total. The molecule has 0 aliphatic rings. The highest BCUT2D eigenvalue weighted by atomic mass is 16.3. The van der Waals surface area contributed by atoms with Crippen LogP contribution in [0.5, 0.6) is 0 Å². The van der Waals surface area contributed by atoms with Crippen LogP contribution >= 0.6 is 0 Å². The van der Waals surface area contributed by atoms with E-state index >= 15 is 0 Å². The summed E-state index contributed by atoms with van der Waals surface area (Å²) in [5, 5.41) is 4.44. The lowest BCUT2D eigenvalue weighted by atomic mass is 10.2. The van der Waals surface area contributed by atoms with Crippen molar-refractivity contribution in [1.29, 1.82) is 0 Å². The van der Waals surface area contributed by atoms with Crippen LogP contribution in [0.4, 0.5) is 0 Å². The molecule has 4 aromatic heterocycles. The zero-order valence-corrected chi connectivity index (χ0v) is 10.3. The van der Waals surface area contributed by atoms with Crippen molar-refractivity contribution >= 4 is 5.78 Å². The van der Waals surface area contributed by atoms with Gasteiger partial charge in [0, 0.05) is 12.4 Å². The Morgan fingerprint density at radius 1 is 0.950 bits per heavy atom. The molecule has 20 heavy (non-hydrogen) atoms. The van der Waals surface area contributed by atoms with E-state index in [4.69, 9.17) is 4.42 Å². The van der Waals surface area contributed by atoms with Crippen LogP contribution < -0.4 is 0 Å². The van der Waals surface area contributed by atoms with Gasteiger partial charge >= 0.3 is 0 Å². The number of fused-ring (bicyclic) bond motifs is 1. The average Bonchev–Trinajstić information content (AvgIpc) is 3.16. The average molecular weight is 263 g/mol. The second-order valence-corrected chi connectivity index (χ2v) is 4.17. The van der Waals surface area contributed by atoms with Gasteiger partial charge in [0.05, 0.1) is 17.7 Å². The fourth-order valence-corrected chi connectivity index (χ4v) is 2.01. The van der Waals surface area contributed by atoms with Gasteiger partial charge in [0.15, 0.2) is 5.76 Å². The van der Waals surface area contributed by atoms with Crippen molar-refractivity contribution in [2.75, 3.05) is 0 Å². The molecule has 0 aromatic carbocycles. The van der Waals surface area contributed by atoms with Gasteiger partial charge in [0.1, 0.15) is 0 Å². The molecule has 0 bridgehead atoms. The SMILES string of the molecule is c1ccc(-c2ccnc3nc(-c4ccco4)nn23)nc1. The molecule has 0 atom stereocenters. The van der Waals surface area contributed by atoms with E-state index in [9.17, 15) is 0 Å². The molecule has 0 aliphatic carbocycles. The molecule has 4 heterocycles. The number of pyridine rings is 1. The summed E-state index contributed by atoms with van der Waals surface area (Å²) in [5.74, 6) is 1.63. The lowest BCUT2D eigenvalue weighted by Gasteiger charge is -2.01. The summed E-state index contributed by atoms with van der Waals surface area (Å²) in [5.41, 5.74) is 1.65.